The summed E-state index contributed by atoms with van der Waals surface area (Å²) < 4.78 is 13.7. The van der Waals surface area contributed by atoms with E-state index < -0.39 is 27.8 Å². The zero-order valence-corrected chi connectivity index (χ0v) is 8.78. The van der Waals surface area contributed by atoms with Gasteiger partial charge in [-0.05, 0) is 20.8 Å². The lowest BCUT2D eigenvalue weighted by atomic mass is 10.1. The fourth-order valence-corrected chi connectivity index (χ4v) is 1.23. The van der Waals surface area contributed by atoms with Crippen molar-refractivity contribution in [1.29, 1.82) is 0 Å². The predicted octanol–water partition coefficient (Wildman–Crippen LogP) is 1.08. The quantitative estimate of drug-likeness (QED) is 0.666. The topological polar surface area (TPSA) is 54.9 Å². The van der Waals surface area contributed by atoms with Gasteiger partial charge in [0.2, 0.25) is 5.95 Å². The van der Waals surface area contributed by atoms with E-state index in [1.54, 1.807) is 20.8 Å². The Hall–Kier alpha value is -1.10. The standard InChI is InChI=1S/C8H10ClFN2O2/c1-8(2,3)12-6(13)4(9)5(10)11-7(12)14/h1-3H3,(H,11,14). The lowest BCUT2D eigenvalue weighted by molar-refractivity contribution is 0.359. The maximum Gasteiger partial charge on any atom is 0.331 e. The Labute approximate surface area is 84.3 Å². The van der Waals surface area contributed by atoms with Crippen LogP contribution < -0.4 is 11.2 Å². The van der Waals surface area contributed by atoms with Gasteiger partial charge >= 0.3 is 5.69 Å². The van der Waals surface area contributed by atoms with Crippen molar-refractivity contribution in [3.8, 4) is 0 Å². The molecule has 0 aliphatic heterocycles. The minimum absolute atomic E-state index is 0.598. The van der Waals surface area contributed by atoms with Crippen molar-refractivity contribution in [2.45, 2.75) is 26.3 Å². The molecule has 1 aromatic heterocycles. The van der Waals surface area contributed by atoms with Gasteiger partial charge in [-0.2, -0.15) is 4.39 Å². The van der Waals surface area contributed by atoms with Crippen LogP contribution in [0.3, 0.4) is 0 Å². The van der Waals surface area contributed by atoms with Gasteiger partial charge in [-0.15, -0.1) is 0 Å². The summed E-state index contributed by atoms with van der Waals surface area (Å²) in [5.74, 6) is -1.10. The van der Waals surface area contributed by atoms with Crippen molar-refractivity contribution < 1.29 is 4.39 Å². The van der Waals surface area contributed by atoms with E-state index in [1.807, 2.05) is 4.98 Å². The van der Waals surface area contributed by atoms with Crippen molar-refractivity contribution in [2.75, 3.05) is 0 Å². The summed E-state index contributed by atoms with van der Waals surface area (Å²) in [5, 5.41) is -0.598. The molecule has 78 valence electrons. The van der Waals surface area contributed by atoms with Crippen LogP contribution in [0.25, 0.3) is 0 Å². The number of hydrogen-bond acceptors (Lipinski definition) is 2. The molecule has 1 rings (SSSR count). The largest absolute Gasteiger partial charge is 0.331 e. The molecule has 0 fully saturated rings. The summed E-state index contributed by atoms with van der Waals surface area (Å²) in [4.78, 5) is 24.6. The van der Waals surface area contributed by atoms with Gasteiger partial charge in [0.15, 0.2) is 5.02 Å². The summed E-state index contributed by atoms with van der Waals surface area (Å²) >= 11 is 5.38. The second kappa shape index (κ2) is 3.24. The van der Waals surface area contributed by atoms with Crippen LogP contribution >= 0.6 is 11.6 Å². The zero-order valence-electron chi connectivity index (χ0n) is 8.02. The Morgan fingerprint density at radius 3 is 2.29 bits per heavy atom. The number of hydrogen-bond donors (Lipinski definition) is 1. The first kappa shape index (κ1) is 11.0. The Morgan fingerprint density at radius 1 is 1.36 bits per heavy atom. The second-order valence-corrected chi connectivity index (χ2v) is 4.25. The highest BCUT2D eigenvalue weighted by Crippen LogP contribution is 2.10. The van der Waals surface area contributed by atoms with Gasteiger partial charge in [0, 0.05) is 5.54 Å². The first-order valence-electron chi connectivity index (χ1n) is 3.96. The minimum atomic E-state index is -1.10. The molecule has 0 amide bonds. The molecule has 0 saturated carbocycles. The third-order valence-electron chi connectivity index (χ3n) is 1.67. The summed E-state index contributed by atoms with van der Waals surface area (Å²) in [6.45, 7) is 4.95. The molecule has 1 N–H and O–H groups in total. The molecule has 0 atom stereocenters. The molecule has 0 aliphatic rings. The Balaban J connectivity index is 3.71. The number of nitrogens with zero attached hydrogens (tertiary/aromatic N) is 1. The molecule has 0 bridgehead atoms. The maximum absolute atomic E-state index is 12.8. The number of rotatable bonds is 0. The van der Waals surface area contributed by atoms with E-state index in [1.165, 1.54) is 0 Å². The molecule has 0 saturated heterocycles. The molecule has 0 unspecified atom stereocenters. The minimum Gasteiger partial charge on any atom is -0.282 e. The highest BCUT2D eigenvalue weighted by Gasteiger charge is 2.21. The average molecular weight is 221 g/mol. The van der Waals surface area contributed by atoms with E-state index in [4.69, 9.17) is 11.6 Å². The molecule has 0 aromatic carbocycles. The van der Waals surface area contributed by atoms with E-state index in [2.05, 4.69) is 0 Å². The zero-order chi connectivity index (χ0) is 11.1. The van der Waals surface area contributed by atoms with E-state index in [0.717, 1.165) is 4.57 Å². The molecule has 6 heteroatoms. The highest BCUT2D eigenvalue weighted by molar-refractivity contribution is 6.30. The van der Waals surface area contributed by atoms with E-state index in [0.29, 0.717) is 0 Å². The monoisotopic (exact) mass is 220 g/mol. The lowest BCUT2D eigenvalue weighted by Crippen LogP contribution is -2.45. The molecular weight excluding hydrogens is 211 g/mol. The summed E-state index contributed by atoms with van der Waals surface area (Å²) in [7, 11) is 0. The van der Waals surface area contributed by atoms with Gasteiger partial charge in [-0.3, -0.25) is 14.3 Å². The van der Waals surface area contributed by atoms with Gasteiger partial charge in [0.05, 0.1) is 0 Å². The molecule has 1 aromatic rings. The Kier molecular flexibility index (Phi) is 2.54. The molecule has 0 spiro atoms. The molecule has 4 nitrogen and oxygen atoms in total. The molecule has 0 radical (unpaired) electrons. The third kappa shape index (κ3) is 1.72. The Bertz CT molecular complexity index is 470. The number of aromatic nitrogens is 2. The smallest absolute Gasteiger partial charge is 0.282 e. The van der Waals surface area contributed by atoms with Crippen LogP contribution in [0.2, 0.25) is 5.02 Å². The first-order valence-corrected chi connectivity index (χ1v) is 4.33. The molecule has 0 aliphatic carbocycles. The van der Waals surface area contributed by atoms with Gasteiger partial charge in [0.1, 0.15) is 0 Å². The molecule has 14 heavy (non-hydrogen) atoms. The molecular formula is C8H10ClFN2O2. The van der Waals surface area contributed by atoms with E-state index >= 15 is 0 Å². The SMILES string of the molecule is CC(C)(C)n1c(=O)[nH]c(F)c(Cl)c1=O. The van der Waals surface area contributed by atoms with Crippen LogP contribution in [0.5, 0.6) is 0 Å². The van der Waals surface area contributed by atoms with E-state index in [9.17, 15) is 14.0 Å². The van der Waals surface area contributed by atoms with Crippen LogP contribution in [0, 0.1) is 5.95 Å². The normalized spacial score (nSPS) is 11.8. The van der Waals surface area contributed by atoms with Crippen LogP contribution in [0.1, 0.15) is 20.8 Å². The lowest BCUT2D eigenvalue weighted by Gasteiger charge is -2.20. The number of halogens is 2. The third-order valence-corrected chi connectivity index (χ3v) is 2.00. The van der Waals surface area contributed by atoms with Crippen LogP contribution in [-0.4, -0.2) is 9.55 Å². The average Bonchev–Trinajstić information content (AvgIpc) is 1.97. The highest BCUT2D eigenvalue weighted by atomic mass is 35.5. The van der Waals surface area contributed by atoms with Crippen molar-refractivity contribution in [3.63, 3.8) is 0 Å². The summed E-state index contributed by atoms with van der Waals surface area (Å²) in [6.07, 6.45) is 0. The van der Waals surface area contributed by atoms with Crippen molar-refractivity contribution in [3.05, 3.63) is 31.8 Å². The van der Waals surface area contributed by atoms with Gasteiger partial charge in [-0.1, -0.05) is 11.6 Å². The fourth-order valence-electron chi connectivity index (χ4n) is 1.10. The van der Waals surface area contributed by atoms with Gasteiger partial charge in [0.25, 0.3) is 5.56 Å². The second-order valence-electron chi connectivity index (χ2n) is 3.87. The number of nitrogens with one attached hydrogen (secondary N) is 1. The molecule has 1 heterocycles. The Morgan fingerprint density at radius 2 is 1.86 bits per heavy atom. The van der Waals surface area contributed by atoms with Gasteiger partial charge < -0.3 is 0 Å². The number of aromatic amines is 1. The summed E-state index contributed by atoms with van der Waals surface area (Å²) in [5.41, 5.74) is -2.35. The van der Waals surface area contributed by atoms with Crippen LogP contribution in [-0.2, 0) is 5.54 Å². The van der Waals surface area contributed by atoms with Crippen LogP contribution in [0.15, 0.2) is 9.59 Å². The fraction of sp³-hybridized carbons (Fsp3) is 0.500. The van der Waals surface area contributed by atoms with Gasteiger partial charge in [-0.25, -0.2) is 4.79 Å². The first-order chi connectivity index (χ1) is 6.25. The van der Waals surface area contributed by atoms with Crippen molar-refractivity contribution >= 4 is 11.6 Å². The predicted molar refractivity (Wildman–Crippen MR) is 51.3 cm³/mol. The van der Waals surface area contributed by atoms with Crippen molar-refractivity contribution in [1.82, 2.24) is 9.55 Å². The van der Waals surface area contributed by atoms with E-state index in [-0.39, 0.29) is 0 Å². The summed E-state index contributed by atoms with van der Waals surface area (Å²) in [6, 6.07) is 0. The van der Waals surface area contributed by atoms with Crippen LogP contribution in [0.4, 0.5) is 4.39 Å². The maximum atomic E-state index is 12.8. The number of H-pyrrole nitrogens is 1. The van der Waals surface area contributed by atoms with Crippen molar-refractivity contribution in [2.24, 2.45) is 0 Å².